The highest BCUT2D eigenvalue weighted by atomic mass is 127. The average molecular weight is 452 g/mol. The third-order valence-corrected chi connectivity index (χ3v) is 4.42. The molecule has 0 aliphatic heterocycles. The van der Waals surface area contributed by atoms with Crippen molar-refractivity contribution in [3.05, 3.63) is 56.2 Å². The lowest BCUT2D eigenvalue weighted by molar-refractivity contribution is -0.120. The Morgan fingerprint density at radius 1 is 1.32 bits per heavy atom. The Labute approximate surface area is 161 Å². The molecule has 2 aromatic rings. The molecular formula is C19H21IN2O3. The van der Waals surface area contributed by atoms with Crippen molar-refractivity contribution in [1.82, 2.24) is 5.43 Å². The summed E-state index contributed by atoms with van der Waals surface area (Å²) in [7, 11) is 0. The molecule has 5 nitrogen and oxygen atoms in total. The normalized spacial score (nSPS) is 10.9. The molecule has 0 aromatic heterocycles. The number of phenols is 1. The fourth-order valence-electron chi connectivity index (χ4n) is 2.37. The lowest BCUT2D eigenvalue weighted by Crippen LogP contribution is -2.20. The molecule has 2 N–H and O–H groups in total. The van der Waals surface area contributed by atoms with Gasteiger partial charge in [0.2, 0.25) is 5.91 Å². The molecule has 0 unspecified atom stereocenters. The van der Waals surface area contributed by atoms with Gasteiger partial charge >= 0.3 is 0 Å². The molecule has 1 amide bonds. The van der Waals surface area contributed by atoms with Gasteiger partial charge in [0.1, 0.15) is 0 Å². The van der Waals surface area contributed by atoms with E-state index in [4.69, 9.17) is 4.74 Å². The number of halogens is 1. The topological polar surface area (TPSA) is 70.9 Å². The van der Waals surface area contributed by atoms with Crippen LogP contribution >= 0.6 is 22.6 Å². The maximum absolute atomic E-state index is 12.0. The van der Waals surface area contributed by atoms with E-state index in [0.717, 1.165) is 16.7 Å². The fraction of sp³-hybridized carbons (Fsp3) is 0.263. The maximum Gasteiger partial charge on any atom is 0.244 e. The number of carbonyl (C=O) groups is 1. The Morgan fingerprint density at radius 2 is 2.08 bits per heavy atom. The van der Waals surface area contributed by atoms with Crippen molar-refractivity contribution < 1.29 is 14.6 Å². The molecule has 0 aliphatic carbocycles. The number of phenolic OH excluding ortho intramolecular Hbond substituents is 1. The summed E-state index contributed by atoms with van der Waals surface area (Å²) in [5.41, 5.74) is 6.51. The predicted octanol–water partition coefficient (Wildman–Crippen LogP) is 3.71. The Kier molecular flexibility index (Phi) is 6.81. The minimum atomic E-state index is -0.179. The van der Waals surface area contributed by atoms with E-state index in [2.05, 4.69) is 16.6 Å². The van der Waals surface area contributed by atoms with Gasteiger partial charge in [0.05, 0.1) is 22.8 Å². The first-order valence-electron chi connectivity index (χ1n) is 7.94. The number of hydrogen-bond donors (Lipinski definition) is 2. The standard InChI is InChI=1S/C19H21IN2O3/c1-4-25-17-9-14(8-16(20)19(17)24)11-21-22-18(23)10-15-6-5-12(2)7-13(15)3/h5-9,11,24H,4,10H2,1-3H3,(H,22,23)/b21-11+. The summed E-state index contributed by atoms with van der Waals surface area (Å²) in [6.45, 7) is 6.32. The van der Waals surface area contributed by atoms with Crippen molar-refractivity contribution in [3.63, 3.8) is 0 Å². The number of benzene rings is 2. The van der Waals surface area contributed by atoms with Gasteiger partial charge < -0.3 is 9.84 Å². The Balaban J connectivity index is 2.01. The van der Waals surface area contributed by atoms with Crippen molar-refractivity contribution >= 4 is 34.7 Å². The van der Waals surface area contributed by atoms with Crippen molar-refractivity contribution in [2.24, 2.45) is 5.10 Å². The second-order valence-corrected chi connectivity index (χ2v) is 6.84. The van der Waals surface area contributed by atoms with E-state index in [1.54, 1.807) is 12.1 Å². The average Bonchev–Trinajstić information content (AvgIpc) is 2.55. The zero-order valence-corrected chi connectivity index (χ0v) is 16.6. The highest BCUT2D eigenvalue weighted by Gasteiger charge is 2.09. The molecule has 0 saturated carbocycles. The maximum atomic E-state index is 12.0. The van der Waals surface area contributed by atoms with E-state index < -0.39 is 0 Å². The van der Waals surface area contributed by atoms with Crippen LogP contribution in [0.5, 0.6) is 11.5 Å². The molecule has 0 heterocycles. The van der Waals surface area contributed by atoms with Gasteiger partial charge in [-0.1, -0.05) is 23.8 Å². The predicted molar refractivity (Wildman–Crippen MR) is 107 cm³/mol. The quantitative estimate of drug-likeness (QED) is 0.399. The summed E-state index contributed by atoms with van der Waals surface area (Å²) in [5.74, 6) is 0.331. The van der Waals surface area contributed by atoms with Crippen LogP contribution in [0.4, 0.5) is 0 Å². The minimum Gasteiger partial charge on any atom is -0.504 e. The number of hydrazone groups is 1. The number of ether oxygens (including phenoxy) is 1. The van der Waals surface area contributed by atoms with E-state index >= 15 is 0 Å². The number of rotatable bonds is 6. The Morgan fingerprint density at radius 3 is 2.76 bits per heavy atom. The lowest BCUT2D eigenvalue weighted by Gasteiger charge is -2.08. The number of carbonyl (C=O) groups excluding carboxylic acids is 1. The van der Waals surface area contributed by atoms with Gasteiger partial charge in [-0.05, 0) is 72.2 Å². The van der Waals surface area contributed by atoms with Crippen molar-refractivity contribution in [1.29, 1.82) is 0 Å². The zero-order chi connectivity index (χ0) is 18.4. The first-order valence-corrected chi connectivity index (χ1v) is 9.02. The molecule has 6 heteroatoms. The molecule has 0 aliphatic rings. The van der Waals surface area contributed by atoms with E-state index in [1.807, 2.05) is 55.5 Å². The first-order chi connectivity index (χ1) is 11.9. The van der Waals surface area contributed by atoms with Gasteiger partial charge in [-0.15, -0.1) is 0 Å². The number of hydrogen-bond acceptors (Lipinski definition) is 4. The molecule has 0 spiro atoms. The molecule has 132 valence electrons. The number of nitrogens with one attached hydrogen (secondary N) is 1. The third-order valence-electron chi connectivity index (χ3n) is 3.60. The minimum absolute atomic E-state index is 0.110. The number of aromatic hydroxyl groups is 1. The van der Waals surface area contributed by atoms with Crippen LogP contribution in [-0.2, 0) is 11.2 Å². The summed E-state index contributed by atoms with van der Waals surface area (Å²) in [5, 5.41) is 13.9. The summed E-state index contributed by atoms with van der Waals surface area (Å²) in [6.07, 6.45) is 1.81. The summed E-state index contributed by atoms with van der Waals surface area (Å²) < 4.78 is 6.04. The Hall–Kier alpha value is -2.09. The van der Waals surface area contributed by atoms with Crippen LogP contribution in [0.25, 0.3) is 0 Å². The van der Waals surface area contributed by atoms with Crippen molar-refractivity contribution in [3.8, 4) is 11.5 Å². The second kappa shape index (κ2) is 8.84. The van der Waals surface area contributed by atoms with Gasteiger partial charge in [0.25, 0.3) is 0 Å². The highest BCUT2D eigenvalue weighted by Crippen LogP contribution is 2.32. The van der Waals surface area contributed by atoms with E-state index in [0.29, 0.717) is 15.9 Å². The summed E-state index contributed by atoms with van der Waals surface area (Å²) in [6, 6.07) is 9.45. The summed E-state index contributed by atoms with van der Waals surface area (Å²) >= 11 is 2.02. The van der Waals surface area contributed by atoms with Crippen LogP contribution < -0.4 is 10.2 Å². The van der Waals surface area contributed by atoms with Crippen LogP contribution in [-0.4, -0.2) is 23.8 Å². The molecule has 0 fully saturated rings. The molecule has 0 radical (unpaired) electrons. The molecule has 0 bridgehead atoms. The van der Waals surface area contributed by atoms with Crippen LogP contribution in [0.1, 0.15) is 29.2 Å². The van der Waals surface area contributed by atoms with Gasteiger partial charge in [-0.25, -0.2) is 5.43 Å². The van der Waals surface area contributed by atoms with Crippen molar-refractivity contribution in [2.75, 3.05) is 6.61 Å². The molecule has 2 aromatic carbocycles. The second-order valence-electron chi connectivity index (χ2n) is 5.68. The van der Waals surface area contributed by atoms with Gasteiger partial charge in [0.15, 0.2) is 11.5 Å². The molecule has 25 heavy (non-hydrogen) atoms. The zero-order valence-electron chi connectivity index (χ0n) is 14.5. The monoisotopic (exact) mass is 452 g/mol. The van der Waals surface area contributed by atoms with E-state index in [1.165, 1.54) is 11.8 Å². The molecule has 0 atom stereocenters. The van der Waals surface area contributed by atoms with Crippen LogP contribution in [0.15, 0.2) is 35.4 Å². The number of nitrogens with zero attached hydrogens (tertiary/aromatic N) is 1. The molecular weight excluding hydrogens is 431 g/mol. The van der Waals surface area contributed by atoms with Crippen LogP contribution in [0.3, 0.4) is 0 Å². The molecule has 2 rings (SSSR count). The van der Waals surface area contributed by atoms with Crippen molar-refractivity contribution in [2.45, 2.75) is 27.2 Å². The van der Waals surface area contributed by atoms with Gasteiger partial charge in [-0.2, -0.15) is 5.10 Å². The first kappa shape index (κ1) is 19.2. The summed E-state index contributed by atoms with van der Waals surface area (Å²) in [4.78, 5) is 12.0. The third kappa shape index (κ3) is 5.45. The SMILES string of the molecule is CCOc1cc(/C=N/NC(=O)Cc2ccc(C)cc2C)cc(I)c1O. The lowest BCUT2D eigenvalue weighted by atomic mass is 10.0. The molecule has 0 saturated heterocycles. The van der Waals surface area contributed by atoms with E-state index in [-0.39, 0.29) is 18.1 Å². The van der Waals surface area contributed by atoms with E-state index in [9.17, 15) is 9.90 Å². The number of amides is 1. The fourth-order valence-corrected chi connectivity index (χ4v) is 2.99. The van der Waals surface area contributed by atoms with Crippen LogP contribution in [0.2, 0.25) is 0 Å². The Bertz CT molecular complexity index is 803. The van der Waals surface area contributed by atoms with Gasteiger partial charge in [0, 0.05) is 0 Å². The highest BCUT2D eigenvalue weighted by molar-refractivity contribution is 14.1. The smallest absolute Gasteiger partial charge is 0.244 e. The van der Waals surface area contributed by atoms with Crippen LogP contribution in [0, 0.1) is 17.4 Å². The largest absolute Gasteiger partial charge is 0.504 e. The van der Waals surface area contributed by atoms with Gasteiger partial charge in [-0.3, -0.25) is 4.79 Å². The number of aryl methyl sites for hydroxylation is 2.